The molecule has 0 aliphatic heterocycles. The molecule has 0 fully saturated rings. The van der Waals surface area contributed by atoms with Gasteiger partial charge in [-0.25, -0.2) is 4.39 Å². The largest absolute Gasteiger partial charge is 0.321 e. The van der Waals surface area contributed by atoms with Gasteiger partial charge in [0.2, 0.25) is 0 Å². The van der Waals surface area contributed by atoms with Crippen LogP contribution in [0.15, 0.2) is 18.2 Å². The summed E-state index contributed by atoms with van der Waals surface area (Å²) in [6.45, 7) is 1.72. The van der Waals surface area contributed by atoms with Gasteiger partial charge >= 0.3 is 0 Å². The van der Waals surface area contributed by atoms with Gasteiger partial charge in [0.05, 0.1) is 6.04 Å². The SMILES string of the molecule is CC(N)c1nnnn1-c1ccc(Cl)cc1F. The number of benzene rings is 1. The van der Waals surface area contributed by atoms with Gasteiger partial charge in [-0.15, -0.1) is 5.10 Å². The third kappa shape index (κ3) is 1.89. The van der Waals surface area contributed by atoms with Crippen LogP contribution >= 0.6 is 11.6 Å². The van der Waals surface area contributed by atoms with E-state index in [9.17, 15) is 4.39 Å². The van der Waals surface area contributed by atoms with Gasteiger partial charge in [-0.1, -0.05) is 11.6 Å². The van der Waals surface area contributed by atoms with Crippen molar-refractivity contribution in [3.05, 3.63) is 34.9 Å². The van der Waals surface area contributed by atoms with Crippen LogP contribution in [0.4, 0.5) is 4.39 Å². The summed E-state index contributed by atoms with van der Waals surface area (Å²) >= 11 is 5.66. The molecule has 0 saturated carbocycles. The summed E-state index contributed by atoms with van der Waals surface area (Å²) in [6, 6.07) is 3.88. The molecule has 1 unspecified atom stereocenters. The molecule has 0 amide bonds. The van der Waals surface area contributed by atoms with E-state index in [4.69, 9.17) is 17.3 Å². The molecule has 0 aliphatic carbocycles. The maximum Gasteiger partial charge on any atom is 0.173 e. The van der Waals surface area contributed by atoms with Crippen LogP contribution in [0, 0.1) is 5.82 Å². The minimum atomic E-state index is -0.498. The molecule has 5 nitrogen and oxygen atoms in total. The smallest absolute Gasteiger partial charge is 0.173 e. The van der Waals surface area contributed by atoms with Crippen LogP contribution in [0.1, 0.15) is 18.8 Å². The lowest BCUT2D eigenvalue weighted by molar-refractivity contribution is 0.595. The molecule has 16 heavy (non-hydrogen) atoms. The molecule has 0 saturated heterocycles. The summed E-state index contributed by atoms with van der Waals surface area (Å²) in [4.78, 5) is 0. The summed E-state index contributed by atoms with van der Waals surface area (Å²) in [7, 11) is 0. The van der Waals surface area contributed by atoms with Crippen LogP contribution in [0.2, 0.25) is 5.02 Å². The van der Waals surface area contributed by atoms with Crippen molar-refractivity contribution in [1.29, 1.82) is 0 Å². The van der Waals surface area contributed by atoms with Gasteiger partial charge < -0.3 is 5.73 Å². The summed E-state index contributed by atoms with van der Waals surface area (Å²) in [5, 5.41) is 11.2. The molecule has 2 rings (SSSR count). The summed E-state index contributed by atoms with van der Waals surface area (Å²) in [5.41, 5.74) is 5.89. The minimum Gasteiger partial charge on any atom is -0.321 e. The predicted molar refractivity (Wildman–Crippen MR) is 56.7 cm³/mol. The first-order chi connectivity index (χ1) is 7.59. The second kappa shape index (κ2) is 4.15. The van der Waals surface area contributed by atoms with Gasteiger partial charge in [-0.2, -0.15) is 4.68 Å². The van der Waals surface area contributed by atoms with Crippen LogP contribution in [0.5, 0.6) is 0 Å². The van der Waals surface area contributed by atoms with Gasteiger partial charge in [-0.3, -0.25) is 0 Å². The molecule has 1 aromatic heterocycles. The number of hydrogen-bond donors (Lipinski definition) is 1. The van der Waals surface area contributed by atoms with Gasteiger partial charge in [0.15, 0.2) is 5.82 Å². The summed E-state index contributed by atoms with van der Waals surface area (Å²) in [5.74, 6) is -0.108. The van der Waals surface area contributed by atoms with Gasteiger partial charge in [0.1, 0.15) is 11.5 Å². The van der Waals surface area contributed by atoms with Crippen molar-refractivity contribution in [2.75, 3.05) is 0 Å². The number of hydrogen-bond acceptors (Lipinski definition) is 4. The van der Waals surface area contributed by atoms with E-state index in [1.807, 2.05) is 0 Å². The first kappa shape index (κ1) is 11.0. The fourth-order valence-electron chi connectivity index (χ4n) is 1.30. The van der Waals surface area contributed by atoms with Crippen molar-refractivity contribution in [3.63, 3.8) is 0 Å². The van der Waals surface area contributed by atoms with E-state index in [-0.39, 0.29) is 11.7 Å². The Balaban J connectivity index is 2.54. The van der Waals surface area contributed by atoms with Gasteiger partial charge in [-0.05, 0) is 35.5 Å². The van der Waals surface area contributed by atoms with Crippen LogP contribution in [-0.4, -0.2) is 20.2 Å². The average molecular weight is 242 g/mol. The third-order valence-electron chi connectivity index (χ3n) is 2.04. The van der Waals surface area contributed by atoms with E-state index in [1.165, 1.54) is 16.8 Å². The quantitative estimate of drug-likeness (QED) is 0.865. The standard InChI is InChI=1S/C9H9ClFN5/c1-5(12)9-13-14-15-16(9)8-3-2-6(10)4-7(8)11/h2-5H,12H2,1H3. The van der Waals surface area contributed by atoms with Crippen molar-refractivity contribution in [2.24, 2.45) is 5.73 Å². The Hall–Kier alpha value is -1.53. The van der Waals surface area contributed by atoms with Crippen molar-refractivity contribution in [2.45, 2.75) is 13.0 Å². The lowest BCUT2D eigenvalue weighted by Gasteiger charge is -2.07. The molecule has 7 heteroatoms. The maximum atomic E-state index is 13.6. The Morgan fingerprint density at radius 1 is 1.50 bits per heavy atom. The molecule has 1 heterocycles. The zero-order chi connectivity index (χ0) is 11.7. The highest BCUT2D eigenvalue weighted by Crippen LogP contribution is 2.19. The monoisotopic (exact) mass is 241 g/mol. The average Bonchev–Trinajstić information content (AvgIpc) is 2.66. The molecule has 0 bridgehead atoms. The van der Waals surface area contributed by atoms with Crippen LogP contribution in [-0.2, 0) is 0 Å². The molecule has 1 atom stereocenters. The first-order valence-electron chi connectivity index (χ1n) is 4.59. The van der Waals surface area contributed by atoms with E-state index in [0.717, 1.165) is 0 Å². The number of halogens is 2. The number of aromatic nitrogens is 4. The lowest BCUT2D eigenvalue weighted by Crippen LogP contribution is -2.14. The predicted octanol–water partition coefficient (Wildman–Crippen LogP) is 1.47. The highest BCUT2D eigenvalue weighted by Gasteiger charge is 2.15. The Kier molecular flexibility index (Phi) is 2.84. The first-order valence-corrected chi connectivity index (χ1v) is 4.96. The zero-order valence-corrected chi connectivity index (χ0v) is 9.19. The fourth-order valence-corrected chi connectivity index (χ4v) is 1.46. The van der Waals surface area contributed by atoms with E-state index in [0.29, 0.717) is 10.8 Å². The Bertz CT molecular complexity index is 510. The number of nitrogens with zero attached hydrogens (tertiary/aromatic N) is 4. The van der Waals surface area contributed by atoms with E-state index >= 15 is 0 Å². The molecule has 84 valence electrons. The molecule has 2 aromatic rings. The molecule has 2 N–H and O–H groups in total. The minimum absolute atomic E-state index is 0.224. The zero-order valence-electron chi connectivity index (χ0n) is 8.43. The van der Waals surface area contributed by atoms with Gasteiger partial charge in [0.25, 0.3) is 0 Å². The highest BCUT2D eigenvalue weighted by atomic mass is 35.5. The fraction of sp³-hybridized carbons (Fsp3) is 0.222. The topological polar surface area (TPSA) is 69.6 Å². The molecule has 0 radical (unpaired) electrons. The highest BCUT2D eigenvalue weighted by molar-refractivity contribution is 6.30. The number of tetrazole rings is 1. The van der Waals surface area contributed by atoms with E-state index < -0.39 is 5.82 Å². The molecule has 0 aliphatic rings. The van der Waals surface area contributed by atoms with Crippen LogP contribution in [0.3, 0.4) is 0 Å². The second-order valence-electron chi connectivity index (χ2n) is 3.33. The van der Waals surface area contributed by atoms with E-state index in [2.05, 4.69) is 15.5 Å². The van der Waals surface area contributed by atoms with Crippen LogP contribution < -0.4 is 5.73 Å². The second-order valence-corrected chi connectivity index (χ2v) is 3.77. The number of nitrogens with two attached hydrogens (primary N) is 1. The Morgan fingerprint density at radius 3 is 2.88 bits per heavy atom. The maximum absolute atomic E-state index is 13.6. The summed E-state index contributed by atoms with van der Waals surface area (Å²) < 4.78 is 14.9. The molecular weight excluding hydrogens is 233 g/mol. The Morgan fingerprint density at radius 2 is 2.25 bits per heavy atom. The van der Waals surface area contributed by atoms with Crippen molar-refractivity contribution in [1.82, 2.24) is 20.2 Å². The van der Waals surface area contributed by atoms with E-state index in [1.54, 1.807) is 13.0 Å². The summed E-state index contributed by atoms with van der Waals surface area (Å²) in [6.07, 6.45) is 0. The lowest BCUT2D eigenvalue weighted by atomic mass is 10.3. The third-order valence-corrected chi connectivity index (χ3v) is 2.27. The molecule has 0 spiro atoms. The van der Waals surface area contributed by atoms with Gasteiger partial charge in [0, 0.05) is 5.02 Å². The van der Waals surface area contributed by atoms with Crippen molar-refractivity contribution in [3.8, 4) is 5.69 Å². The molecular formula is C9H9ClFN5. The van der Waals surface area contributed by atoms with Crippen molar-refractivity contribution < 1.29 is 4.39 Å². The van der Waals surface area contributed by atoms with Crippen molar-refractivity contribution >= 4 is 11.6 Å². The normalized spacial score (nSPS) is 12.8. The molecule has 1 aromatic carbocycles. The van der Waals surface area contributed by atoms with Crippen LogP contribution in [0.25, 0.3) is 5.69 Å². The Labute approximate surface area is 96.0 Å². The number of rotatable bonds is 2.